The summed E-state index contributed by atoms with van der Waals surface area (Å²) >= 11 is 0. The quantitative estimate of drug-likeness (QED) is 0.655. The van der Waals surface area contributed by atoms with Crippen molar-refractivity contribution in [3.63, 3.8) is 0 Å². The number of hydrogen-bond acceptors (Lipinski definition) is 9. The van der Waals surface area contributed by atoms with Crippen LogP contribution in [0.4, 0.5) is 5.95 Å². The van der Waals surface area contributed by atoms with Gasteiger partial charge in [0.2, 0.25) is 5.95 Å². The molecule has 2 N–H and O–H groups in total. The van der Waals surface area contributed by atoms with Crippen LogP contribution < -0.4 is 10.1 Å². The zero-order valence-corrected chi connectivity index (χ0v) is 18.8. The van der Waals surface area contributed by atoms with Crippen molar-refractivity contribution < 1.29 is 18.3 Å². The molecule has 1 aromatic carbocycles. The van der Waals surface area contributed by atoms with Gasteiger partial charge in [-0.05, 0) is 51.4 Å². The van der Waals surface area contributed by atoms with Crippen molar-refractivity contribution in [1.29, 1.82) is 0 Å². The van der Waals surface area contributed by atoms with Gasteiger partial charge in [0.25, 0.3) is 0 Å². The van der Waals surface area contributed by atoms with Crippen LogP contribution in [0, 0.1) is 6.92 Å². The highest BCUT2D eigenvalue weighted by Crippen LogP contribution is 2.40. The van der Waals surface area contributed by atoms with E-state index < -0.39 is 9.84 Å². The number of phenols is 1. The third kappa shape index (κ3) is 5.24. The number of rotatable bonds is 7. The minimum absolute atomic E-state index is 0.185. The molecule has 0 amide bonds. The summed E-state index contributed by atoms with van der Waals surface area (Å²) in [6.45, 7) is 4.99. The average Bonchev–Trinajstić information content (AvgIpc) is 3.18. The van der Waals surface area contributed by atoms with Gasteiger partial charge in [0.1, 0.15) is 27.0 Å². The Morgan fingerprint density at radius 3 is 2.94 bits per heavy atom. The van der Waals surface area contributed by atoms with E-state index in [2.05, 4.69) is 25.4 Å². The molecule has 2 aliphatic heterocycles. The summed E-state index contributed by atoms with van der Waals surface area (Å²) in [6, 6.07) is 3.83. The van der Waals surface area contributed by atoms with Crippen molar-refractivity contribution in [2.24, 2.45) is 0 Å². The topological polar surface area (TPSA) is 118 Å². The highest BCUT2D eigenvalue weighted by atomic mass is 32.2. The number of anilines is 1. The van der Waals surface area contributed by atoms with E-state index in [0.29, 0.717) is 42.3 Å². The third-order valence-corrected chi connectivity index (χ3v) is 6.82. The SMILES string of the molecule is Cc1nc(N[C@@H]2CCCN(CCCS(C)(=O)=O)C2)nnc1-c1ccc2c(c1O)CCO2. The van der Waals surface area contributed by atoms with Crippen LogP contribution in [0.2, 0.25) is 0 Å². The van der Waals surface area contributed by atoms with E-state index in [9.17, 15) is 13.5 Å². The number of nitrogens with zero attached hydrogens (tertiary/aromatic N) is 4. The van der Waals surface area contributed by atoms with Crippen molar-refractivity contribution in [3.05, 3.63) is 23.4 Å². The van der Waals surface area contributed by atoms with Crippen LogP contribution >= 0.6 is 0 Å². The summed E-state index contributed by atoms with van der Waals surface area (Å²) in [5.41, 5.74) is 2.67. The fourth-order valence-electron chi connectivity index (χ4n) is 4.27. The molecule has 1 atom stereocenters. The molecule has 9 nitrogen and oxygen atoms in total. The molecule has 3 heterocycles. The van der Waals surface area contributed by atoms with Crippen LogP contribution in [0.3, 0.4) is 0 Å². The van der Waals surface area contributed by atoms with Crippen molar-refractivity contribution in [2.45, 2.75) is 38.6 Å². The molecule has 10 heteroatoms. The molecule has 31 heavy (non-hydrogen) atoms. The lowest BCUT2D eigenvalue weighted by atomic mass is 10.0. The van der Waals surface area contributed by atoms with Crippen LogP contribution in [0.1, 0.15) is 30.5 Å². The first-order valence-electron chi connectivity index (χ1n) is 10.7. The van der Waals surface area contributed by atoms with Crippen LogP contribution in [0.15, 0.2) is 12.1 Å². The number of sulfone groups is 1. The van der Waals surface area contributed by atoms with Gasteiger partial charge in [-0.15, -0.1) is 10.2 Å². The highest BCUT2D eigenvalue weighted by Gasteiger charge is 2.23. The number of benzene rings is 1. The van der Waals surface area contributed by atoms with Crippen LogP contribution in [-0.4, -0.2) is 77.9 Å². The maximum Gasteiger partial charge on any atom is 0.243 e. The van der Waals surface area contributed by atoms with E-state index in [4.69, 9.17) is 4.74 Å². The zero-order chi connectivity index (χ0) is 22.0. The number of hydrogen-bond donors (Lipinski definition) is 2. The summed E-state index contributed by atoms with van der Waals surface area (Å²) < 4.78 is 28.2. The van der Waals surface area contributed by atoms with Crippen molar-refractivity contribution in [2.75, 3.05) is 43.6 Å². The van der Waals surface area contributed by atoms with Gasteiger partial charge in [0.15, 0.2) is 0 Å². The Balaban J connectivity index is 1.41. The Hall–Kier alpha value is -2.46. The van der Waals surface area contributed by atoms with Crippen LogP contribution in [-0.2, 0) is 16.3 Å². The van der Waals surface area contributed by atoms with E-state index in [1.54, 1.807) is 6.07 Å². The second-order valence-corrected chi connectivity index (χ2v) is 10.6. The van der Waals surface area contributed by atoms with Gasteiger partial charge in [0.05, 0.1) is 18.1 Å². The number of ether oxygens (including phenoxy) is 1. The van der Waals surface area contributed by atoms with Gasteiger partial charge in [-0.25, -0.2) is 13.4 Å². The molecule has 0 aliphatic carbocycles. The first-order chi connectivity index (χ1) is 14.8. The van der Waals surface area contributed by atoms with Crippen LogP contribution in [0.25, 0.3) is 11.3 Å². The lowest BCUT2D eigenvalue weighted by Crippen LogP contribution is -2.43. The first-order valence-corrected chi connectivity index (χ1v) is 12.7. The first kappa shape index (κ1) is 21.8. The van der Waals surface area contributed by atoms with Gasteiger partial charge in [-0.3, -0.25) is 0 Å². The van der Waals surface area contributed by atoms with Gasteiger partial charge < -0.3 is 20.1 Å². The maximum absolute atomic E-state index is 11.3. The van der Waals surface area contributed by atoms with Gasteiger partial charge in [-0.2, -0.15) is 0 Å². The molecule has 0 saturated carbocycles. The normalized spacial score (nSPS) is 19.1. The molecule has 1 aromatic heterocycles. The summed E-state index contributed by atoms with van der Waals surface area (Å²) in [4.78, 5) is 6.86. The van der Waals surface area contributed by atoms with E-state index >= 15 is 0 Å². The lowest BCUT2D eigenvalue weighted by Gasteiger charge is -2.33. The van der Waals surface area contributed by atoms with E-state index in [0.717, 1.165) is 43.8 Å². The smallest absolute Gasteiger partial charge is 0.243 e. The summed E-state index contributed by atoms with van der Waals surface area (Å²) in [6.07, 6.45) is 4.63. The molecule has 1 saturated heterocycles. The Labute approximate surface area is 182 Å². The predicted molar refractivity (Wildman–Crippen MR) is 118 cm³/mol. The fraction of sp³-hybridized carbons (Fsp3) is 0.571. The third-order valence-electron chi connectivity index (χ3n) is 5.79. The van der Waals surface area contributed by atoms with E-state index in [1.165, 1.54) is 6.26 Å². The van der Waals surface area contributed by atoms with Crippen molar-refractivity contribution >= 4 is 15.8 Å². The molecule has 0 bridgehead atoms. The van der Waals surface area contributed by atoms with Crippen LogP contribution in [0.5, 0.6) is 11.5 Å². The molecule has 0 spiro atoms. The number of fused-ring (bicyclic) bond motifs is 1. The molecule has 1 fully saturated rings. The molecular weight excluding hydrogens is 418 g/mol. The molecular formula is C21H29N5O4S. The molecule has 0 radical (unpaired) electrons. The zero-order valence-electron chi connectivity index (χ0n) is 18.0. The standard InChI is InChI=1S/C21H29N5O4S/c1-14-19(17-6-7-18-16(20(17)27)8-11-30-18)24-25-21(22-14)23-15-5-3-9-26(13-15)10-4-12-31(2,28)29/h6-7,15,27H,3-5,8-13H2,1-2H3,(H,22,23,25)/t15-/m1/s1. The number of nitrogens with one attached hydrogen (secondary N) is 1. The van der Waals surface area contributed by atoms with E-state index in [1.807, 2.05) is 13.0 Å². The monoisotopic (exact) mass is 447 g/mol. The van der Waals surface area contributed by atoms with Crippen molar-refractivity contribution in [3.8, 4) is 22.8 Å². The van der Waals surface area contributed by atoms with Crippen molar-refractivity contribution in [1.82, 2.24) is 20.1 Å². The fourth-order valence-corrected chi connectivity index (χ4v) is 4.93. The summed E-state index contributed by atoms with van der Waals surface area (Å²) in [5, 5.41) is 22.6. The Bertz CT molecular complexity index is 1060. The average molecular weight is 448 g/mol. The molecule has 2 aliphatic rings. The minimum atomic E-state index is -2.92. The van der Waals surface area contributed by atoms with Gasteiger partial charge in [-0.1, -0.05) is 0 Å². The van der Waals surface area contributed by atoms with Gasteiger partial charge >= 0.3 is 0 Å². The number of aryl methyl sites for hydroxylation is 1. The number of aromatic hydroxyl groups is 1. The number of phenolic OH excluding ortho intramolecular Hbond substituents is 1. The number of aromatic nitrogens is 3. The van der Waals surface area contributed by atoms with Gasteiger partial charge in [0, 0.05) is 36.4 Å². The predicted octanol–water partition coefficient (Wildman–Crippen LogP) is 1.80. The number of piperidine rings is 1. The molecule has 2 aromatic rings. The molecule has 168 valence electrons. The minimum Gasteiger partial charge on any atom is -0.507 e. The van der Waals surface area contributed by atoms with E-state index in [-0.39, 0.29) is 17.5 Å². The Morgan fingerprint density at radius 2 is 2.16 bits per heavy atom. The second-order valence-electron chi connectivity index (χ2n) is 8.37. The summed E-state index contributed by atoms with van der Waals surface area (Å²) in [7, 11) is -2.92. The lowest BCUT2D eigenvalue weighted by molar-refractivity contribution is 0.216. The summed E-state index contributed by atoms with van der Waals surface area (Å²) in [5.74, 6) is 1.59. The molecule has 0 unspecified atom stereocenters. The molecule has 4 rings (SSSR count). The largest absolute Gasteiger partial charge is 0.507 e. The maximum atomic E-state index is 11.3. The second kappa shape index (κ2) is 8.96. The Morgan fingerprint density at radius 1 is 1.32 bits per heavy atom. The highest BCUT2D eigenvalue weighted by molar-refractivity contribution is 7.90. The number of likely N-dealkylation sites (tertiary alicyclic amines) is 1. The Kier molecular flexibility index (Phi) is 6.29.